The molecule has 0 spiro atoms. The first-order valence-corrected chi connectivity index (χ1v) is 12.1. The van der Waals surface area contributed by atoms with Crippen LogP contribution in [-0.2, 0) is 21.4 Å². The number of aryl methyl sites for hydroxylation is 1. The number of nitrogens with one attached hydrogen (secondary N) is 1. The Balaban J connectivity index is 1.91. The summed E-state index contributed by atoms with van der Waals surface area (Å²) in [4.78, 5) is 23.7. The summed E-state index contributed by atoms with van der Waals surface area (Å²) in [6.07, 6.45) is -0.359. The van der Waals surface area contributed by atoms with Gasteiger partial charge in [0, 0.05) is 19.0 Å². The van der Waals surface area contributed by atoms with Crippen LogP contribution in [0.2, 0.25) is 0 Å². The lowest BCUT2D eigenvalue weighted by Crippen LogP contribution is -2.45. The van der Waals surface area contributed by atoms with Gasteiger partial charge in [0.2, 0.25) is 5.91 Å². The Kier molecular flexibility index (Phi) is 10.7. The molecule has 0 bridgehead atoms. The van der Waals surface area contributed by atoms with Gasteiger partial charge in [-0.2, -0.15) is 0 Å². The summed E-state index contributed by atoms with van der Waals surface area (Å²) in [7, 11) is 2.70. The Morgan fingerprint density at radius 2 is 1.62 bits per heavy atom. The SMILES string of the molecule is COC(=O)[C@H](CO)NC(=O)C[C@H](O)C[C@H](O)C=CC(=C(c1ccc(F)cc1)c1ccc(F)cc1)c1nnnn1C. The summed E-state index contributed by atoms with van der Waals surface area (Å²) in [5.74, 6) is -2.20. The molecule has 212 valence electrons. The third kappa shape index (κ3) is 8.09. The van der Waals surface area contributed by atoms with Crippen molar-refractivity contribution in [1.29, 1.82) is 0 Å². The number of tetrazole rings is 1. The second-order valence-electron chi connectivity index (χ2n) is 8.77. The molecule has 0 radical (unpaired) electrons. The van der Waals surface area contributed by atoms with Crippen LogP contribution in [0.1, 0.15) is 29.8 Å². The number of hydrogen-bond donors (Lipinski definition) is 4. The number of aliphatic hydroxyl groups is 3. The molecular weight excluding hydrogens is 528 g/mol. The summed E-state index contributed by atoms with van der Waals surface area (Å²) in [6.45, 7) is -0.684. The van der Waals surface area contributed by atoms with Crippen molar-refractivity contribution in [2.45, 2.75) is 31.1 Å². The van der Waals surface area contributed by atoms with Gasteiger partial charge in [-0.25, -0.2) is 18.3 Å². The Hall–Kier alpha value is -4.33. The highest BCUT2D eigenvalue weighted by Gasteiger charge is 2.23. The van der Waals surface area contributed by atoms with Crippen molar-refractivity contribution >= 4 is 23.0 Å². The lowest BCUT2D eigenvalue weighted by molar-refractivity contribution is -0.146. The van der Waals surface area contributed by atoms with Gasteiger partial charge in [-0.1, -0.05) is 36.4 Å². The number of carbonyl (C=O) groups is 2. The number of allylic oxidation sites excluding steroid dienone is 2. The highest BCUT2D eigenvalue weighted by atomic mass is 19.1. The van der Waals surface area contributed by atoms with Gasteiger partial charge < -0.3 is 25.4 Å². The van der Waals surface area contributed by atoms with Crippen LogP contribution in [-0.4, -0.2) is 79.4 Å². The van der Waals surface area contributed by atoms with Gasteiger partial charge in [0.15, 0.2) is 11.9 Å². The highest BCUT2D eigenvalue weighted by molar-refractivity contribution is 6.00. The average Bonchev–Trinajstić information content (AvgIpc) is 3.35. The number of carbonyl (C=O) groups excluding carboxylic acids is 2. The van der Waals surface area contributed by atoms with Gasteiger partial charge in [0.05, 0.1) is 32.3 Å². The van der Waals surface area contributed by atoms with Crippen molar-refractivity contribution in [3.8, 4) is 0 Å². The fraction of sp³-hybridized carbons (Fsp3) is 0.296. The summed E-state index contributed by atoms with van der Waals surface area (Å²) < 4.78 is 33.3. The lowest BCUT2D eigenvalue weighted by Gasteiger charge is -2.17. The second kappa shape index (κ2) is 14.2. The number of aliphatic hydroxyl groups excluding tert-OH is 3. The van der Waals surface area contributed by atoms with E-state index in [0.717, 1.165) is 7.11 Å². The fourth-order valence-corrected chi connectivity index (χ4v) is 3.87. The van der Waals surface area contributed by atoms with E-state index in [1.54, 1.807) is 31.3 Å². The molecule has 3 aromatic rings. The van der Waals surface area contributed by atoms with E-state index in [1.807, 2.05) is 0 Å². The summed E-state index contributed by atoms with van der Waals surface area (Å²) >= 11 is 0. The number of methoxy groups -OCH3 is 1. The molecule has 1 aromatic heterocycles. The number of amides is 1. The molecule has 40 heavy (non-hydrogen) atoms. The Labute approximate surface area is 228 Å². The number of esters is 1. The van der Waals surface area contributed by atoms with Crippen molar-refractivity contribution in [2.24, 2.45) is 7.05 Å². The van der Waals surface area contributed by atoms with Gasteiger partial charge in [-0.3, -0.25) is 4.79 Å². The van der Waals surface area contributed by atoms with Crippen LogP contribution in [0.4, 0.5) is 8.78 Å². The molecule has 0 aliphatic carbocycles. The van der Waals surface area contributed by atoms with Crippen LogP contribution < -0.4 is 5.32 Å². The maximum Gasteiger partial charge on any atom is 0.330 e. The molecule has 1 heterocycles. The van der Waals surface area contributed by atoms with Gasteiger partial charge >= 0.3 is 5.97 Å². The van der Waals surface area contributed by atoms with E-state index < -0.39 is 54.8 Å². The van der Waals surface area contributed by atoms with Crippen molar-refractivity contribution < 1.29 is 38.4 Å². The highest BCUT2D eigenvalue weighted by Crippen LogP contribution is 2.32. The lowest BCUT2D eigenvalue weighted by atomic mass is 9.91. The van der Waals surface area contributed by atoms with Gasteiger partial charge in [0.25, 0.3) is 0 Å². The summed E-state index contributed by atoms with van der Waals surface area (Å²) in [6, 6.07) is 9.96. The fourth-order valence-electron chi connectivity index (χ4n) is 3.87. The normalized spacial score (nSPS) is 13.5. The van der Waals surface area contributed by atoms with Gasteiger partial charge in [-0.05, 0) is 51.4 Å². The molecule has 0 saturated carbocycles. The van der Waals surface area contributed by atoms with Crippen LogP contribution in [0, 0.1) is 11.6 Å². The summed E-state index contributed by atoms with van der Waals surface area (Å²) in [5.41, 5.74) is 2.04. The van der Waals surface area contributed by atoms with Crippen LogP contribution >= 0.6 is 0 Å². The molecule has 3 rings (SSSR count). The Bertz CT molecular complexity index is 1310. The standard InChI is InChI=1S/C27H29F2N5O6/c1-34-26(31-32-33-34)22(25(16-3-7-18(28)8-4-16)17-5-9-19(29)10-6-17)12-11-20(36)13-21(37)14-24(38)30-23(15-35)27(39)40-2/h3-12,20-21,23,35-37H,13-15H2,1-2H3,(H,30,38)/t20-,21-,23+/m1/s1. The molecule has 13 heteroatoms. The quantitative estimate of drug-likeness (QED) is 0.189. The zero-order valence-corrected chi connectivity index (χ0v) is 21.7. The molecule has 0 aliphatic rings. The first kappa shape index (κ1) is 30.2. The molecule has 4 N–H and O–H groups in total. The van der Waals surface area contributed by atoms with E-state index in [0.29, 0.717) is 22.3 Å². The first-order valence-electron chi connectivity index (χ1n) is 12.1. The molecular formula is C27H29F2N5O6. The monoisotopic (exact) mass is 557 g/mol. The third-order valence-corrected chi connectivity index (χ3v) is 5.82. The number of aromatic nitrogens is 4. The number of hydrogen-bond acceptors (Lipinski definition) is 9. The molecule has 0 aliphatic heterocycles. The maximum atomic E-state index is 13.7. The predicted octanol–water partition coefficient (Wildman–Crippen LogP) is 1.16. The minimum atomic E-state index is -1.30. The van der Waals surface area contributed by atoms with Gasteiger partial charge in [0.1, 0.15) is 11.6 Å². The molecule has 1 amide bonds. The average molecular weight is 558 g/mol. The zero-order valence-electron chi connectivity index (χ0n) is 21.7. The zero-order chi connectivity index (χ0) is 29.2. The topological polar surface area (TPSA) is 160 Å². The molecule has 0 unspecified atom stereocenters. The number of ether oxygens (including phenoxy) is 1. The van der Waals surface area contributed by atoms with Crippen molar-refractivity contribution in [2.75, 3.05) is 13.7 Å². The third-order valence-electron chi connectivity index (χ3n) is 5.82. The van der Waals surface area contributed by atoms with Crippen LogP contribution in [0.25, 0.3) is 11.1 Å². The molecule has 0 fully saturated rings. The smallest absolute Gasteiger partial charge is 0.330 e. The van der Waals surface area contributed by atoms with E-state index in [4.69, 9.17) is 0 Å². The van der Waals surface area contributed by atoms with E-state index in [-0.39, 0.29) is 12.2 Å². The van der Waals surface area contributed by atoms with Crippen molar-refractivity contribution in [3.63, 3.8) is 0 Å². The van der Waals surface area contributed by atoms with Crippen molar-refractivity contribution in [1.82, 2.24) is 25.5 Å². The minimum absolute atomic E-state index is 0.251. The number of rotatable bonds is 12. The number of halogens is 2. The Morgan fingerprint density at radius 3 is 2.10 bits per heavy atom. The first-order chi connectivity index (χ1) is 19.1. The minimum Gasteiger partial charge on any atom is -0.467 e. The second-order valence-corrected chi connectivity index (χ2v) is 8.77. The van der Waals surface area contributed by atoms with Crippen LogP contribution in [0.3, 0.4) is 0 Å². The number of nitrogens with zero attached hydrogens (tertiary/aromatic N) is 4. The van der Waals surface area contributed by atoms with Crippen LogP contribution in [0.15, 0.2) is 60.7 Å². The Morgan fingerprint density at radius 1 is 1.05 bits per heavy atom. The van der Waals surface area contributed by atoms with E-state index in [1.165, 1.54) is 41.1 Å². The van der Waals surface area contributed by atoms with Crippen LogP contribution in [0.5, 0.6) is 0 Å². The van der Waals surface area contributed by atoms with Crippen molar-refractivity contribution in [3.05, 3.63) is 89.3 Å². The molecule has 11 nitrogen and oxygen atoms in total. The molecule has 0 saturated heterocycles. The number of benzene rings is 2. The van der Waals surface area contributed by atoms with E-state index in [9.17, 15) is 33.7 Å². The largest absolute Gasteiger partial charge is 0.467 e. The predicted molar refractivity (Wildman–Crippen MR) is 139 cm³/mol. The van der Waals surface area contributed by atoms with E-state index in [2.05, 4.69) is 25.6 Å². The summed E-state index contributed by atoms with van der Waals surface area (Å²) in [5, 5.41) is 44.0. The maximum absolute atomic E-state index is 13.7. The van der Waals surface area contributed by atoms with E-state index >= 15 is 0 Å². The molecule has 3 atom stereocenters. The molecule has 2 aromatic carbocycles. The van der Waals surface area contributed by atoms with Gasteiger partial charge in [-0.15, -0.1) is 5.10 Å².